The van der Waals surface area contributed by atoms with Gasteiger partial charge in [0.15, 0.2) is 0 Å². The molecule has 2 amide bonds. The maximum absolute atomic E-state index is 16.0. The van der Waals surface area contributed by atoms with E-state index in [1.807, 2.05) is 20.8 Å². The zero-order valence-electron chi connectivity index (χ0n) is 25.0. The number of hydrogen-bond acceptors (Lipinski definition) is 6. The summed E-state index contributed by atoms with van der Waals surface area (Å²) in [5.41, 5.74) is 0.125. The van der Waals surface area contributed by atoms with E-state index >= 15 is 4.39 Å². The van der Waals surface area contributed by atoms with Crippen LogP contribution in [0, 0.1) is 11.2 Å². The Kier molecular flexibility index (Phi) is 8.68. The summed E-state index contributed by atoms with van der Waals surface area (Å²) in [6.45, 7) is 8.16. The Labute approximate surface area is 265 Å². The molecule has 3 aromatic rings. The summed E-state index contributed by atoms with van der Waals surface area (Å²) < 4.78 is 26.6. The zero-order chi connectivity index (χ0) is 32.0. The van der Waals surface area contributed by atoms with Crippen molar-refractivity contribution < 1.29 is 28.2 Å². The molecular weight excluding hydrogens is 608 g/mol. The molecule has 3 aromatic carbocycles. The van der Waals surface area contributed by atoms with Crippen LogP contribution >= 0.6 is 23.2 Å². The number of amides is 2. The minimum absolute atomic E-state index is 0.122. The van der Waals surface area contributed by atoms with Gasteiger partial charge in [-0.1, -0.05) is 62.2 Å². The standard InChI is InChI=1S/C33H34Cl2FN3O5/c1-6-44-24-14-17(30(41)43-5)10-13-22(24)37-29(40)28-26(19-8-7-9-21(35)27(19)36)33(25(39-28)16-32(2,3)4)20-12-11-18(34)15-23(20)38-31(33)42/h7-15,25-26,28,39H,6,16H2,1-5H3,(H,37,40)(H,38,42)/t25-,26-,28+,33?/m0/s1. The van der Waals surface area contributed by atoms with E-state index in [2.05, 4.69) is 16.0 Å². The third-order valence-electron chi connectivity index (χ3n) is 8.18. The summed E-state index contributed by atoms with van der Waals surface area (Å²) in [6, 6.07) is 12.6. The molecule has 4 atom stereocenters. The first kappa shape index (κ1) is 31.8. The van der Waals surface area contributed by atoms with Gasteiger partial charge in [-0.2, -0.15) is 0 Å². The fourth-order valence-corrected chi connectivity index (χ4v) is 6.86. The molecule has 1 saturated heterocycles. The number of esters is 1. The molecule has 2 aliphatic rings. The minimum Gasteiger partial charge on any atom is -0.492 e. The highest BCUT2D eigenvalue weighted by atomic mass is 35.5. The molecule has 0 bridgehead atoms. The monoisotopic (exact) mass is 641 g/mol. The van der Waals surface area contributed by atoms with Gasteiger partial charge in [-0.25, -0.2) is 9.18 Å². The van der Waals surface area contributed by atoms with E-state index in [0.717, 1.165) is 0 Å². The highest BCUT2D eigenvalue weighted by Gasteiger charge is 2.66. The molecule has 0 aromatic heterocycles. The second kappa shape index (κ2) is 12.0. The number of nitrogens with one attached hydrogen (secondary N) is 3. The molecule has 0 radical (unpaired) electrons. The largest absolute Gasteiger partial charge is 0.492 e. The van der Waals surface area contributed by atoms with Crippen LogP contribution in [0.3, 0.4) is 0 Å². The van der Waals surface area contributed by atoms with Crippen molar-refractivity contribution in [2.75, 3.05) is 24.4 Å². The first-order valence-electron chi connectivity index (χ1n) is 14.3. The average Bonchev–Trinajstić information content (AvgIpc) is 3.44. The van der Waals surface area contributed by atoms with Crippen LogP contribution in [0.25, 0.3) is 0 Å². The quantitative estimate of drug-likeness (QED) is 0.248. The summed E-state index contributed by atoms with van der Waals surface area (Å²) in [6.07, 6.45) is 0.475. The van der Waals surface area contributed by atoms with Crippen molar-refractivity contribution in [1.82, 2.24) is 5.32 Å². The Morgan fingerprint density at radius 1 is 1.09 bits per heavy atom. The number of methoxy groups -OCH3 is 1. The first-order chi connectivity index (χ1) is 20.8. The third kappa shape index (κ3) is 5.53. The van der Waals surface area contributed by atoms with E-state index in [0.29, 0.717) is 28.4 Å². The van der Waals surface area contributed by atoms with E-state index in [1.165, 1.54) is 25.3 Å². The van der Waals surface area contributed by atoms with E-state index in [9.17, 15) is 14.4 Å². The molecule has 2 heterocycles. The molecule has 5 rings (SSSR count). The Hall–Kier alpha value is -3.66. The predicted octanol–water partition coefficient (Wildman–Crippen LogP) is 6.71. The molecule has 232 valence electrons. The number of rotatable bonds is 7. The molecule has 1 fully saturated rings. The second-order valence-corrected chi connectivity index (χ2v) is 13.1. The summed E-state index contributed by atoms with van der Waals surface area (Å²) in [5, 5.41) is 9.62. The smallest absolute Gasteiger partial charge is 0.337 e. The molecule has 3 N–H and O–H groups in total. The van der Waals surface area contributed by atoms with E-state index in [1.54, 1.807) is 43.3 Å². The Bertz CT molecular complexity index is 1640. The van der Waals surface area contributed by atoms with Gasteiger partial charge in [0.2, 0.25) is 11.8 Å². The van der Waals surface area contributed by atoms with Crippen molar-refractivity contribution in [2.45, 2.75) is 57.5 Å². The van der Waals surface area contributed by atoms with Crippen LogP contribution in [0.1, 0.15) is 61.5 Å². The van der Waals surface area contributed by atoms with E-state index in [4.69, 9.17) is 32.7 Å². The Morgan fingerprint density at radius 3 is 2.52 bits per heavy atom. The van der Waals surface area contributed by atoms with Crippen LogP contribution in [0.5, 0.6) is 5.75 Å². The lowest BCUT2D eigenvalue weighted by atomic mass is 9.62. The molecule has 1 unspecified atom stereocenters. The number of halogens is 3. The van der Waals surface area contributed by atoms with Crippen molar-refractivity contribution in [3.63, 3.8) is 0 Å². The summed E-state index contributed by atoms with van der Waals surface area (Å²) in [4.78, 5) is 40.8. The third-order valence-corrected chi connectivity index (χ3v) is 8.71. The number of ether oxygens (including phenoxy) is 2. The molecule has 8 nitrogen and oxygen atoms in total. The summed E-state index contributed by atoms with van der Waals surface area (Å²) in [5.74, 6) is -2.91. The van der Waals surface area contributed by atoms with Gasteiger partial charge in [-0.15, -0.1) is 0 Å². The first-order valence-corrected chi connectivity index (χ1v) is 15.0. The maximum atomic E-state index is 16.0. The molecule has 0 saturated carbocycles. The van der Waals surface area contributed by atoms with Crippen molar-refractivity contribution in [3.05, 3.63) is 87.2 Å². The number of carbonyl (C=O) groups is 3. The molecular formula is C33H34Cl2FN3O5. The molecule has 44 heavy (non-hydrogen) atoms. The number of carbonyl (C=O) groups excluding carboxylic acids is 3. The summed E-state index contributed by atoms with van der Waals surface area (Å²) in [7, 11) is 1.27. The predicted molar refractivity (Wildman–Crippen MR) is 168 cm³/mol. The SMILES string of the molecule is CCOc1cc(C(=O)OC)ccc1NC(=O)[C@@H]1N[C@@H](CC(C)(C)C)C2(C(=O)Nc3cc(Cl)ccc32)[C@H]1c1cccc(Cl)c1F. The highest BCUT2D eigenvalue weighted by molar-refractivity contribution is 6.31. The van der Waals surface area contributed by atoms with Gasteiger partial charge >= 0.3 is 5.97 Å². The summed E-state index contributed by atoms with van der Waals surface area (Å²) >= 11 is 12.6. The number of hydrogen-bond donors (Lipinski definition) is 3. The number of benzene rings is 3. The van der Waals surface area contributed by atoms with Gasteiger partial charge in [-0.05, 0) is 66.3 Å². The van der Waals surface area contributed by atoms with Crippen LogP contribution < -0.4 is 20.7 Å². The Morgan fingerprint density at radius 2 is 1.84 bits per heavy atom. The van der Waals surface area contributed by atoms with Gasteiger partial charge in [0.25, 0.3) is 0 Å². The lowest BCUT2D eigenvalue weighted by Crippen LogP contribution is -2.49. The van der Waals surface area contributed by atoms with Gasteiger partial charge in [-0.3, -0.25) is 9.59 Å². The number of fused-ring (bicyclic) bond motifs is 2. The van der Waals surface area contributed by atoms with Gasteiger partial charge in [0.05, 0.1) is 36.0 Å². The van der Waals surface area contributed by atoms with Crippen LogP contribution in [0.15, 0.2) is 54.6 Å². The van der Waals surface area contributed by atoms with Gasteiger partial charge in [0, 0.05) is 22.7 Å². The molecule has 2 aliphatic heterocycles. The van der Waals surface area contributed by atoms with Crippen molar-refractivity contribution in [2.24, 2.45) is 5.41 Å². The zero-order valence-corrected chi connectivity index (χ0v) is 26.5. The minimum atomic E-state index is -1.39. The van der Waals surface area contributed by atoms with Crippen LogP contribution in [0.2, 0.25) is 10.0 Å². The normalized spacial score (nSPS) is 22.5. The van der Waals surface area contributed by atoms with E-state index < -0.39 is 41.1 Å². The second-order valence-electron chi connectivity index (χ2n) is 12.2. The lowest BCUT2D eigenvalue weighted by molar-refractivity contribution is -0.122. The topological polar surface area (TPSA) is 106 Å². The molecule has 1 spiro atoms. The maximum Gasteiger partial charge on any atom is 0.337 e. The highest BCUT2D eigenvalue weighted by Crippen LogP contribution is 2.57. The van der Waals surface area contributed by atoms with E-state index in [-0.39, 0.29) is 39.8 Å². The molecule has 0 aliphatic carbocycles. The molecule has 11 heteroatoms. The van der Waals surface area contributed by atoms with Crippen molar-refractivity contribution in [1.29, 1.82) is 0 Å². The Balaban J connectivity index is 1.68. The fraction of sp³-hybridized carbons (Fsp3) is 0.364. The lowest BCUT2D eigenvalue weighted by Gasteiger charge is -2.37. The average molecular weight is 643 g/mol. The fourth-order valence-electron chi connectivity index (χ4n) is 6.51. The van der Waals surface area contributed by atoms with Gasteiger partial charge in [0.1, 0.15) is 17.0 Å². The van der Waals surface area contributed by atoms with Crippen molar-refractivity contribution >= 4 is 52.4 Å². The van der Waals surface area contributed by atoms with Crippen molar-refractivity contribution in [3.8, 4) is 5.75 Å². The number of anilines is 2. The van der Waals surface area contributed by atoms with Gasteiger partial charge < -0.3 is 25.4 Å². The van der Waals surface area contributed by atoms with Crippen LogP contribution in [0.4, 0.5) is 15.8 Å². The van der Waals surface area contributed by atoms with Crippen LogP contribution in [-0.4, -0.2) is 43.6 Å². The van der Waals surface area contributed by atoms with Crippen LogP contribution in [-0.2, 0) is 19.7 Å².